The van der Waals surface area contributed by atoms with Crippen molar-refractivity contribution >= 4 is 11.6 Å². The van der Waals surface area contributed by atoms with Gasteiger partial charge in [-0.05, 0) is 86.7 Å². The Morgan fingerprint density at radius 1 is 1.05 bits per heavy atom. The van der Waals surface area contributed by atoms with Crippen molar-refractivity contribution in [3.63, 3.8) is 0 Å². The van der Waals surface area contributed by atoms with E-state index in [1.165, 1.54) is 6.07 Å². The van der Waals surface area contributed by atoms with Gasteiger partial charge in [0.1, 0.15) is 0 Å². The van der Waals surface area contributed by atoms with Gasteiger partial charge in [-0.2, -0.15) is 13.2 Å². The molecule has 3 rings (SSSR count). The first-order valence-corrected chi connectivity index (χ1v) is 16.4. The van der Waals surface area contributed by atoms with Crippen LogP contribution >= 0.6 is 0 Å². The van der Waals surface area contributed by atoms with Gasteiger partial charge in [0.2, 0.25) is 0 Å². The maximum Gasteiger partial charge on any atom is 0.416 e. The highest BCUT2D eigenvalue weighted by Gasteiger charge is 2.32. The fourth-order valence-electron chi connectivity index (χ4n) is 5.49. The summed E-state index contributed by atoms with van der Waals surface area (Å²) < 4.78 is 41.8. The molecule has 0 fully saturated rings. The normalized spacial score (nSPS) is 14.5. The van der Waals surface area contributed by atoms with Gasteiger partial charge in [-0.3, -0.25) is 19.6 Å². The minimum absolute atomic E-state index is 0.186. The maximum absolute atomic E-state index is 13.9. The molecule has 1 amide bonds. The molecule has 2 heterocycles. The number of hydrogen-bond acceptors (Lipinski definition) is 4. The molecule has 8 heteroatoms. The predicted molar refractivity (Wildman–Crippen MR) is 176 cm³/mol. The molecule has 0 unspecified atom stereocenters. The van der Waals surface area contributed by atoms with E-state index in [0.29, 0.717) is 24.1 Å². The third-order valence-electron chi connectivity index (χ3n) is 7.61. The molecule has 44 heavy (non-hydrogen) atoms. The van der Waals surface area contributed by atoms with Crippen molar-refractivity contribution in [2.75, 3.05) is 31.5 Å². The Bertz CT molecular complexity index is 1210. The van der Waals surface area contributed by atoms with Crippen molar-refractivity contribution in [3.8, 4) is 0 Å². The van der Waals surface area contributed by atoms with Crippen molar-refractivity contribution in [2.24, 2.45) is 0 Å². The summed E-state index contributed by atoms with van der Waals surface area (Å²) in [7, 11) is 0. The smallest absolute Gasteiger partial charge is 0.322 e. The third kappa shape index (κ3) is 12.2. The highest BCUT2D eigenvalue weighted by Crippen LogP contribution is 2.33. The van der Waals surface area contributed by atoms with Crippen LogP contribution in [0.4, 0.5) is 18.9 Å². The molecule has 0 spiro atoms. The Morgan fingerprint density at radius 2 is 1.80 bits per heavy atom. The standard InChI is InChI=1S/C34H47F3N4O.C2H6/c1-5-8-10-13-32(31-14-18-41(23-26(31)4)24-27-12-11-15-38-22-27)33(42)39-30-20-28(19-29(21-30)34(35,36)37)25-40(16-7-3)17-9-6-2;1-2/h11-13,15,19-22H,5-10,14,16-18,23-25H2,1-4H3,(H,39,42);1-2H3/b32-13+;. The third-order valence-corrected chi connectivity index (χ3v) is 7.61. The Balaban J connectivity index is 0.00000330. The molecule has 244 valence electrons. The van der Waals surface area contributed by atoms with Crippen LogP contribution in [0.15, 0.2) is 65.5 Å². The first-order valence-electron chi connectivity index (χ1n) is 16.4. The van der Waals surface area contributed by atoms with Crippen LogP contribution in [-0.4, -0.2) is 46.9 Å². The molecule has 0 bridgehead atoms. The number of alkyl halides is 3. The molecule has 0 saturated carbocycles. The number of pyridine rings is 1. The number of unbranched alkanes of at least 4 members (excludes halogenated alkanes) is 3. The van der Waals surface area contributed by atoms with E-state index in [9.17, 15) is 18.0 Å². The lowest BCUT2D eigenvalue weighted by Gasteiger charge is -2.30. The lowest BCUT2D eigenvalue weighted by atomic mass is 9.92. The van der Waals surface area contributed by atoms with Gasteiger partial charge in [-0.15, -0.1) is 0 Å². The first kappa shape index (κ1) is 37.2. The van der Waals surface area contributed by atoms with E-state index in [1.54, 1.807) is 12.3 Å². The Labute approximate surface area is 263 Å². The Morgan fingerprint density at radius 3 is 2.41 bits per heavy atom. The van der Waals surface area contributed by atoms with Gasteiger partial charge in [0.15, 0.2) is 0 Å². The van der Waals surface area contributed by atoms with Crippen molar-refractivity contribution in [1.29, 1.82) is 0 Å². The van der Waals surface area contributed by atoms with Crippen molar-refractivity contribution < 1.29 is 18.0 Å². The lowest BCUT2D eigenvalue weighted by Crippen LogP contribution is -2.32. The number of allylic oxidation sites excluding steroid dienone is 1. The fraction of sp³-hybridized carbons (Fsp3) is 0.556. The molecule has 0 radical (unpaired) electrons. The van der Waals surface area contributed by atoms with Crippen LogP contribution in [0.2, 0.25) is 0 Å². The number of anilines is 1. The van der Waals surface area contributed by atoms with Gasteiger partial charge < -0.3 is 5.32 Å². The van der Waals surface area contributed by atoms with E-state index in [-0.39, 0.29) is 11.6 Å². The van der Waals surface area contributed by atoms with Crippen molar-refractivity contribution in [3.05, 3.63) is 82.2 Å². The van der Waals surface area contributed by atoms with Crippen LogP contribution in [0.5, 0.6) is 0 Å². The van der Waals surface area contributed by atoms with Crippen LogP contribution in [0.1, 0.15) is 103 Å². The molecule has 0 saturated heterocycles. The van der Waals surface area contributed by atoms with Crippen LogP contribution in [0, 0.1) is 0 Å². The zero-order valence-corrected chi connectivity index (χ0v) is 27.7. The number of carbonyl (C=O) groups is 1. The zero-order chi connectivity index (χ0) is 32.5. The number of amides is 1. The summed E-state index contributed by atoms with van der Waals surface area (Å²) in [6.07, 6.45) is 7.40. The highest BCUT2D eigenvalue weighted by atomic mass is 19.4. The van der Waals surface area contributed by atoms with Gasteiger partial charge in [-0.1, -0.05) is 71.6 Å². The largest absolute Gasteiger partial charge is 0.416 e. The van der Waals surface area contributed by atoms with E-state index < -0.39 is 11.7 Å². The first-order chi connectivity index (χ1) is 21.1. The number of aromatic nitrogens is 1. The Hall–Kier alpha value is -2.97. The number of nitrogens with one attached hydrogen (secondary N) is 1. The van der Waals surface area contributed by atoms with Gasteiger partial charge in [0.25, 0.3) is 5.91 Å². The summed E-state index contributed by atoms with van der Waals surface area (Å²) in [6.45, 7) is 16.7. The molecule has 5 nitrogen and oxygen atoms in total. The van der Waals surface area contributed by atoms with Crippen molar-refractivity contribution in [1.82, 2.24) is 14.8 Å². The quantitative estimate of drug-likeness (QED) is 0.160. The molecule has 0 aliphatic carbocycles. The van der Waals surface area contributed by atoms with E-state index >= 15 is 0 Å². The molecule has 1 N–H and O–H groups in total. The summed E-state index contributed by atoms with van der Waals surface area (Å²) >= 11 is 0. The van der Waals surface area contributed by atoms with Gasteiger partial charge in [-0.25, -0.2) is 0 Å². The average molecular weight is 615 g/mol. The number of rotatable bonds is 15. The van der Waals surface area contributed by atoms with E-state index in [4.69, 9.17) is 0 Å². The second-order valence-corrected chi connectivity index (χ2v) is 11.3. The van der Waals surface area contributed by atoms with Gasteiger partial charge in [0, 0.05) is 49.8 Å². The monoisotopic (exact) mass is 614 g/mol. The van der Waals surface area contributed by atoms with Crippen LogP contribution in [0.3, 0.4) is 0 Å². The maximum atomic E-state index is 13.9. The summed E-state index contributed by atoms with van der Waals surface area (Å²) in [4.78, 5) is 22.5. The van der Waals surface area contributed by atoms with Crippen molar-refractivity contribution in [2.45, 2.75) is 106 Å². The lowest BCUT2D eigenvalue weighted by molar-refractivity contribution is -0.137. The summed E-state index contributed by atoms with van der Waals surface area (Å²) in [5.74, 6) is -0.345. The summed E-state index contributed by atoms with van der Waals surface area (Å²) in [6, 6.07) is 7.95. The zero-order valence-electron chi connectivity index (χ0n) is 27.7. The van der Waals surface area contributed by atoms with Crippen LogP contribution in [-0.2, 0) is 24.1 Å². The van der Waals surface area contributed by atoms with E-state index in [2.05, 4.69) is 46.9 Å². The number of hydrogen-bond donors (Lipinski definition) is 1. The molecule has 1 aromatic heterocycles. The minimum Gasteiger partial charge on any atom is -0.322 e. The Kier molecular flexibility index (Phi) is 16.4. The second kappa shape index (κ2) is 19.4. The van der Waals surface area contributed by atoms with Crippen LogP contribution in [0.25, 0.3) is 0 Å². The van der Waals surface area contributed by atoms with Gasteiger partial charge in [0.05, 0.1) is 5.56 Å². The average Bonchev–Trinajstić information content (AvgIpc) is 3.00. The van der Waals surface area contributed by atoms with Gasteiger partial charge >= 0.3 is 6.18 Å². The van der Waals surface area contributed by atoms with E-state index in [0.717, 1.165) is 94.0 Å². The van der Waals surface area contributed by atoms with Crippen LogP contribution < -0.4 is 5.32 Å². The molecular formula is C36H53F3N4O. The minimum atomic E-state index is -4.51. The SMILES string of the molecule is CC.CCCC/C=C(/C(=O)Nc1cc(CN(CCC)CCCC)cc(C(F)(F)F)c1)C1=C(C)CN(Cc2cccnc2)CC1. The molecule has 1 aliphatic rings. The summed E-state index contributed by atoms with van der Waals surface area (Å²) in [5, 5.41) is 2.86. The molecular weight excluding hydrogens is 561 g/mol. The number of carbonyl (C=O) groups excluding carboxylic acids is 1. The predicted octanol–water partition coefficient (Wildman–Crippen LogP) is 9.42. The fourth-order valence-corrected chi connectivity index (χ4v) is 5.49. The molecule has 2 aromatic rings. The molecule has 0 atom stereocenters. The topological polar surface area (TPSA) is 48.5 Å². The summed E-state index contributed by atoms with van der Waals surface area (Å²) in [5.41, 5.74) is 3.82. The molecule has 1 aliphatic heterocycles. The highest BCUT2D eigenvalue weighted by molar-refractivity contribution is 6.07. The number of nitrogens with zero attached hydrogens (tertiary/aromatic N) is 3. The second-order valence-electron chi connectivity index (χ2n) is 11.3. The van der Waals surface area contributed by atoms with E-state index in [1.807, 2.05) is 39.1 Å². The molecule has 1 aromatic carbocycles. The number of halogens is 3. The number of benzene rings is 1.